The minimum atomic E-state index is 0.182. The molecule has 0 unspecified atom stereocenters. The average molecular weight is 516 g/mol. The van der Waals surface area contributed by atoms with Gasteiger partial charge in [0, 0.05) is 50.6 Å². The van der Waals surface area contributed by atoms with E-state index in [1.807, 2.05) is 25.1 Å². The third-order valence-electron chi connectivity index (χ3n) is 5.66. The standard InChI is InChI=1S/C23H23Cl2N7OS/c1-14-27-18(13-19(28-14)32-9-7-31(8-10-32)11-12-33)30-22-21-17(5-6-26-22)29-23(34-21)20-15(24)3-2-4-16(20)25/h2-6,13,33H,7-12H2,1H3,(H,26,27,28,30). The van der Waals surface area contributed by atoms with Crippen molar-refractivity contribution in [2.75, 3.05) is 49.5 Å². The molecule has 1 aliphatic heterocycles. The number of aliphatic hydroxyl groups excluding tert-OH is 1. The zero-order valence-electron chi connectivity index (χ0n) is 18.5. The maximum Gasteiger partial charge on any atom is 0.151 e. The molecular weight excluding hydrogens is 493 g/mol. The highest BCUT2D eigenvalue weighted by Crippen LogP contribution is 2.40. The number of hydrogen-bond acceptors (Lipinski definition) is 9. The van der Waals surface area contributed by atoms with Crippen molar-refractivity contribution in [2.45, 2.75) is 6.92 Å². The van der Waals surface area contributed by atoms with E-state index >= 15 is 0 Å². The molecule has 0 spiro atoms. The lowest BCUT2D eigenvalue weighted by Crippen LogP contribution is -2.47. The van der Waals surface area contributed by atoms with Crippen LogP contribution in [0.15, 0.2) is 36.5 Å². The number of hydrogen-bond donors (Lipinski definition) is 2. The van der Waals surface area contributed by atoms with Gasteiger partial charge in [0.25, 0.3) is 0 Å². The fourth-order valence-electron chi connectivity index (χ4n) is 3.99. The van der Waals surface area contributed by atoms with Crippen LogP contribution in [-0.4, -0.2) is 69.3 Å². The van der Waals surface area contributed by atoms with E-state index in [0.717, 1.165) is 52.8 Å². The quantitative estimate of drug-likeness (QED) is 0.384. The van der Waals surface area contributed by atoms with E-state index in [0.29, 0.717) is 34.1 Å². The summed E-state index contributed by atoms with van der Waals surface area (Å²) >= 11 is 14.3. The van der Waals surface area contributed by atoms with Gasteiger partial charge in [-0.1, -0.05) is 29.3 Å². The smallest absolute Gasteiger partial charge is 0.151 e. The summed E-state index contributed by atoms with van der Waals surface area (Å²) in [5.74, 6) is 2.89. The number of halogens is 2. The zero-order chi connectivity index (χ0) is 23.7. The van der Waals surface area contributed by atoms with Gasteiger partial charge in [-0.05, 0) is 25.1 Å². The van der Waals surface area contributed by atoms with Gasteiger partial charge in [-0.2, -0.15) is 0 Å². The lowest BCUT2D eigenvalue weighted by Gasteiger charge is -2.35. The van der Waals surface area contributed by atoms with Crippen LogP contribution in [0, 0.1) is 6.92 Å². The number of aromatic nitrogens is 4. The summed E-state index contributed by atoms with van der Waals surface area (Å²) in [6.07, 6.45) is 1.72. The second-order valence-corrected chi connectivity index (χ2v) is 9.77. The Morgan fingerprint density at radius 2 is 1.82 bits per heavy atom. The highest BCUT2D eigenvalue weighted by atomic mass is 35.5. The van der Waals surface area contributed by atoms with E-state index in [1.165, 1.54) is 11.3 Å². The number of thiazole rings is 1. The van der Waals surface area contributed by atoms with Crippen molar-refractivity contribution in [3.05, 3.63) is 52.4 Å². The van der Waals surface area contributed by atoms with Gasteiger partial charge in [-0.15, -0.1) is 11.3 Å². The molecule has 3 aromatic heterocycles. The number of piperazine rings is 1. The van der Waals surface area contributed by atoms with Gasteiger partial charge in [-0.25, -0.2) is 19.9 Å². The Morgan fingerprint density at radius 1 is 1.06 bits per heavy atom. The Labute approximate surface area is 211 Å². The van der Waals surface area contributed by atoms with E-state index in [-0.39, 0.29) is 6.61 Å². The Morgan fingerprint density at radius 3 is 2.56 bits per heavy atom. The Bertz CT molecular complexity index is 1300. The molecule has 1 fully saturated rings. The van der Waals surface area contributed by atoms with Crippen LogP contribution in [0.1, 0.15) is 5.82 Å². The summed E-state index contributed by atoms with van der Waals surface area (Å²) in [6, 6.07) is 9.25. The van der Waals surface area contributed by atoms with Crippen molar-refractivity contribution in [2.24, 2.45) is 0 Å². The molecule has 1 aliphatic rings. The maximum absolute atomic E-state index is 9.18. The van der Waals surface area contributed by atoms with Crippen LogP contribution < -0.4 is 10.2 Å². The van der Waals surface area contributed by atoms with Crippen LogP contribution in [-0.2, 0) is 0 Å². The van der Waals surface area contributed by atoms with Crippen molar-refractivity contribution >= 4 is 62.2 Å². The van der Waals surface area contributed by atoms with Crippen molar-refractivity contribution < 1.29 is 5.11 Å². The van der Waals surface area contributed by atoms with Gasteiger partial charge < -0.3 is 15.3 Å². The number of benzene rings is 1. The zero-order valence-corrected chi connectivity index (χ0v) is 20.8. The molecule has 4 heterocycles. The van der Waals surface area contributed by atoms with Crippen molar-refractivity contribution in [1.29, 1.82) is 0 Å². The normalized spacial score (nSPS) is 14.6. The predicted molar refractivity (Wildman–Crippen MR) is 139 cm³/mol. The van der Waals surface area contributed by atoms with Crippen LogP contribution in [0.5, 0.6) is 0 Å². The second-order valence-electron chi connectivity index (χ2n) is 7.96. The van der Waals surface area contributed by atoms with Crippen LogP contribution in [0.4, 0.5) is 17.5 Å². The van der Waals surface area contributed by atoms with E-state index in [4.69, 9.17) is 28.2 Å². The number of rotatable bonds is 6. The number of aryl methyl sites for hydroxylation is 1. The summed E-state index contributed by atoms with van der Waals surface area (Å²) in [6.45, 7) is 6.25. The fourth-order valence-corrected chi connectivity index (χ4v) is 5.76. The number of nitrogens with zero attached hydrogens (tertiary/aromatic N) is 6. The first-order chi connectivity index (χ1) is 16.5. The number of nitrogens with one attached hydrogen (secondary N) is 1. The summed E-state index contributed by atoms with van der Waals surface area (Å²) in [5.41, 5.74) is 1.53. The minimum Gasteiger partial charge on any atom is -0.395 e. The maximum atomic E-state index is 9.18. The van der Waals surface area contributed by atoms with Crippen LogP contribution in [0.25, 0.3) is 20.8 Å². The van der Waals surface area contributed by atoms with Gasteiger partial charge in [-0.3, -0.25) is 4.90 Å². The fraction of sp³-hybridized carbons (Fsp3) is 0.304. The summed E-state index contributed by atoms with van der Waals surface area (Å²) in [4.78, 5) is 23.0. The van der Waals surface area contributed by atoms with Gasteiger partial charge in [0.2, 0.25) is 0 Å². The second kappa shape index (κ2) is 9.97. The van der Waals surface area contributed by atoms with Gasteiger partial charge in [0.15, 0.2) is 5.82 Å². The molecule has 0 amide bonds. The molecule has 34 heavy (non-hydrogen) atoms. The van der Waals surface area contributed by atoms with Gasteiger partial charge in [0.1, 0.15) is 22.5 Å². The number of β-amino-alcohol motifs (C(OH)–C–C–N with tert-alkyl or cyclic N) is 1. The first-order valence-electron chi connectivity index (χ1n) is 10.9. The molecule has 2 N–H and O–H groups in total. The van der Waals surface area contributed by atoms with E-state index < -0.39 is 0 Å². The molecule has 0 bridgehead atoms. The number of pyridine rings is 1. The van der Waals surface area contributed by atoms with Crippen LogP contribution >= 0.6 is 34.5 Å². The first kappa shape index (κ1) is 23.2. The molecule has 5 rings (SSSR count). The van der Waals surface area contributed by atoms with E-state index in [1.54, 1.807) is 18.3 Å². The lowest BCUT2D eigenvalue weighted by atomic mass is 10.2. The highest BCUT2D eigenvalue weighted by Gasteiger charge is 2.20. The molecule has 0 radical (unpaired) electrons. The van der Waals surface area contributed by atoms with Crippen molar-refractivity contribution in [3.8, 4) is 10.6 Å². The minimum absolute atomic E-state index is 0.182. The van der Waals surface area contributed by atoms with Gasteiger partial charge in [0.05, 0.1) is 26.9 Å². The average Bonchev–Trinajstić information content (AvgIpc) is 3.24. The molecule has 11 heteroatoms. The number of anilines is 3. The molecular formula is C23H23Cl2N7OS. The Balaban J connectivity index is 1.43. The van der Waals surface area contributed by atoms with Crippen LogP contribution in [0.3, 0.4) is 0 Å². The molecule has 1 aromatic carbocycles. The van der Waals surface area contributed by atoms with E-state index in [2.05, 4.69) is 30.1 Å². The van der Waals surface area contributed by atoms with Gasteiger partial charge >= 0.3 is 0 Å². The predicted octanol–water partition coefficient (Wildman–Crippen LogP) is 4.62. The number of aliphatic hydroxyl groups is 1. The number of fused-ring (bicyclic) bond motifs is 1. The highest BCUT2D eigenvalue weighted by molar-refractivity contribution is 7.22. The SMILES string of the molecule is Cc1nc(Nc2nccc3nc(-c4c(Cl)cccc4Cl)sc23)cc(N2CCN(CCO)CC2)n1. The third kappa shape index (κ3) is 4.80. The Hall–Kier alpha value is -2.56. The topological polar surface area (TPSA) is 90.3 Å². The first-order valence-corrected chi connectivity index (χ1v) is 12.5. The summed E-state index contributed by atoms with van der Waals surface area (Å²) in [5, 5.41) is 14.4. The molecule has 0 atom stereocenters. The molecule has 176 valence electrons. The Kier molecular flexibility index (Phi) is 6.80. The molecule has 4 aromatic rings. The summed E-state index contributed by atoms with van der Waals surface area (Å²) in [7, 11) is 0. The lowest BCUT2D eigenvalue weighted by molar-refractivity contribution is 0.188. The summed E-state index contributed by atoms with van der Waals surface area (Å²) < 4.78 is 0.893. The van der Waals surface area contributed by atoms with Crippen LogP contribution in [0.2, 0.25) is 10.0 Å². The largest absolute Gasteiger partial charge is 0.395 e. The monoisotopic (exact) mass is 515 g/mol. The third-order valence-corrected chi connectivity index (χ3v) is 7.39. The van der Waals surface area contributed by atoms with Crippen molar-refractivity contribution in [1.82, 2.24) is 24.8 Å². The molecule has 0 aliphatic carbocycles. The van der Waals surface area contributed by atoms with E-state index in [9.17, 15) is 5.11 Å². The molecule has 8 nitrogen and oxygen atoms in total. The molecule has 0 saturated carbocycles. The van der Waals surface area contributed by atoms with Crippen molar-refractivity contribution in [3.63, 3.8) is 0 Å². The molecule has 1 saturated heterocycles.